The maximum absolute atomic E-state index is 12.6. The van der Waals surface area contributed by atoms with Crippen LogP contribution in [0.2, 0.25) is 0 Å². The summed E-state index contributed by atoms with van der Waals surface area (Å²) >= 11 is 0. The van der Waals surface area contributed by atoms with E-state index in [1.807, 2.05) is 65.6 Å². The Kier molecular flexibility index (Phi) is 7.57. The number of sulfonamides is 1. The Morgan fingerprint density at radius 2 is 1.62 bits per heavy atom. The fourth-order valence-corrected chi connectivity index (χ4v) is 4.45. The molecule has 7 heteroatoms. The van der Waals surface area contributed by atoms with Crippen LogP contribution in [0.4, 0.5) is 0 Å². The van der Waals surface area contributed by atoms with Gasteiger partial charge in [-0.3, -0.25) is 9.69 Å². The van der Waals surface area contributed by atoms with Gasteiger partial charge in [-0.15, -0.1) is 0 Å². The van der Waals surface area contributed by atoms with Crippen LogP contribution in [-0.2, 0) is 21.4 Å². The zero-order valence-electron chi connectivity index (χ0n) is 16.4. The van der Waals surface area contributed by atoms with E-state index in [4.69, 9.17) is 0 Å². The Bertz CT molecular complexity index is 915. The molecule has 1 aliphatic rings. The van der Waals surface area contributed by atoms with E-state index in [9.17, 15) is 13.2 Å². The van der Waals surface area contributed by atoms with Crippen molar-refractivity contribution in [1.82, 2.24) is 14.5 Å². The van der Waals surface area contributed by atoms with E-state index in [-0.39, 0.29) is 12.5 Å². The Hall–Kier alpha value is -2.48. The molecule has 0 unspecified atom stereocenters. The second kappa shape index (κ2) is 10.3. The van der Waals surface area contributed by atoms with E-state index in [2.05, 4.69) is 5.32 Å². The van der Waals surface area contributed by atoms with Gasteiger partial charge in [0.2, 0.25) is 15.9 Å². The molecule has 154 valence electrons. The number of amides is 1. The molecule has 2 aromatic rings. The highest BCUT2D eigenvalue weighted by molar-refractivity contribution is 7.92. The third-order valence-electron chi connectivity index (χ3n) is 4.84. The molecule has 3 rings (SSSR count). The van der Waals surface area contributed by atoms with E-state index in [0.717, 1.165) is 11.1 Å². The van der Waals surface area contributed by atoms with Crippen molar-refractivity contribution in [1.29, 1.82) is 0 Å². The summed E-state index contributed by atoms with van der Waals surface area (Å²) < 4.78 is 26.8. The molecular formula is C22H27N3O3S. The molecule has 29 heavy (non-hydrogen) atoms. The number of benzene rings is 2. The number of hydrogen-bond acceptors (Lipinski definition) is 4. The van der Waals surface area contributed by atoms with Crippen LogP contribution in [0.5, 0.6) is 0 Å². The second-order valence-electron chi connectivity index (χ2n) is 7.05. The molecular weight excluding hydrogens is 386 g/mol. The van der Waals surface area contributed by atoms with E-state index in [1.54, 1.807) is 6.08 Å². The van der Waals surface area contributed by atoms with Crippen molar-refractivity contribution in [3.8, 4) is 0 Å². The summed E-state index contributed by atoms with van der Waals surface area (Å²) in [6.45, 7) is 2.86. The average Bonchev–Trinajstić information content (AvgIpc) is 2.98. The van der Waals surface area contributed by atoms with Crippen molar-refractivity contribution in [2.45, 2.75) is 13.0 Å². The SMILES string of the molecule is O=C(CN1CCCN(S(=O)(=O)/C=C/c2ccccc2)CC1)NCc1ccccc1. The number of nitrogens with one attached hydrogen (secondary N) is 1. The molecule has 0 aliphatic carbocycles. The van der Waals surface area contributed by atoms with Gasteiger partial charge in [-0.2, -0.15) is 4.31 Å². The van der Waals surface area contributed by atoms with Gasteiger partial charge in [-0.25, -0.2) is 8.42 Å². The molecule has 0 radical (unpaired) electrons. The van der Waals surface area contributed by atoms with Crippen LogP contribution >= 0.6 is 0 Å². The van der Waals surface area contributed by atoms with E-state index in [1.165, 1.54) is 9.71 Å². The molecule has 1 saturated heterocycles. The largest absolute Gasteiger partial charge is 0.351 e. The zero-order chi connectivity index (χ0) is 20.5. The topological polar surface area (TPSA) is 69.7 Å². The standard InChI is InChI=1S/C22H27N3O3S/c26-22(23-18-21-10-5-2-6-11-21)19-24-13-7-14-25(16-15-24)29(27,28)17-12-20-8-3-1-4-9-20/h1-6,8-12,17H,7,13-16,18-19H2,(H,23,26)/b17-12+. The quantitative estimate of drug-likeness (QED) is 0.756. The van der Waals surface area contributed by atoms with Gasteiger partial charge < -0.3 is 5.32 Å². The lowest BCUT2D eigenvalue weighted by atomic mass is 10.2. The van der Waals surface area contributed by atoms with Crippen molar-refractivity contribution >= 4 is 22.0 Å². The molecule has 0 spiro atoms. The third-order valence-corrected chi connectivity index (χ3v) is 6.40. The average molecular weight is 414 g/mol. The normalized spacial score (nSPS) is 16.6. The molecule has 0 aromatic heterocycles. The predicted molar refractivity (Wildman–Crippen MR) is 115 cm³/mol. The monoisotopic (exact) mass is 413 g/mol. The van der Waals surface area contributed by atoms with Crippen LogP contribution in [0.25, 0.3) is 6.08 Å². The predicted octanol–water partition coefficient (Wildman–Crippen LogP) is 2.31. The highest BCUT2D eigenvalue weighted by atomic mass is 32.2. The van der Waals surface area contributed by atoms with E-state index >= 15 is 0 Å². The summed E-state index contributed by atoms with van der Waals surface area (Å²) in [6.07, 6.45) is 2.32. The lowest BCUT2D eigenvalue weighted by Gasteiger charge is -2.20. The Morgan fingerprint density at radius 3 is 2.34 bits per heavy atom. The molecule has 1 amide bonds. The van der Waals surface area contributed by atoms with E-state index < -0.39 is 10.0 Å². The Labute approximate surface area is 172 Å². The Morgan fingerprint density at radius 1 is 0.931 bits per heavy atom. The Balaban J connectivity index is 1.49. The zero-order valence-corrected chi connectivity index (χ0v) is 17.2. The summed E-state index contributed by atoms with van der Waals surface area (Å²) in [7, 11) is -3.48. The number of hydrogen-bond donors (Lipinski definition) is 1. The van der Waals surface area contributed by atoms with Gasteiger partial charge in [0.25, 0.3) is 0 Å². The summed E-state index contributed by atoms with van der Waals surface area (Å²) in [5, 5.41) is 4.19. The van der Waals surface area contributed by atoms with Crippen molar-refractivity contribution < 1.29 is 13.2 Å². The number of nitrogens with zero attached hydrogens (tertiary/aromatic N) is 2. The summed E-state index contributed by atoms with van der Waals surface area (Å²) in [5.74, 6) is -0.0471. The van der Waals surface area contributed by atoms with Crippen molar-refractivity contribution in [3.05, 3.63) is 77.2 Å². The fraction of sp³-hybridized carbons (Fsp3) is 0.318. The number of carbonyl (C=O) groups is 1. The lowest BCUT2D eigenvalue weighted by Crippen LogP contribution is -2.39. The van der Waals surface area contributed by atoms with E-state index in [0.29, 0.717) is 39.1 Å². The summed E-state index contributed by atoms with van der Waals surface area (Å²) in [5.41, 5.74) is 1.90. The first-order chi connectivity index (χ1) is 14.0. The number of carbonyl (C=O) groups excluding carboxylic acids is 1. The van der Waals surface area contributed by atoms with Gasteiger partial charge in [-0.05, 0) is 30.2 Å². The first kappa shape index (κ1) is 21.2. The highest BCUT2D eigenvalue weighted by Gasteiger charge is 2.23. The minimum Gasteiger partial charge on any atom is -0.351 e. The van der Waals surface area contributed by atoms with Crippen LogP contribution in [-0.4, -0.2) is 56.3 Å². The van der Waals surface area contributed by atoms with Gasteiger partial charge in [0.05, 0.1) is 6.54 Å². The molecule has 0 bridgehead atoms. The molecule has 1 aliphatic heterocycles. The van der Waals surface area contributed by atoms with Crippen LogP contribution in [0.3, 0.4) is 0 Å². The minimum absolute atomic E-state index is 0.0471. The maximum atomic E-state index is 12.6. The lowest BCUT2D eigenvalue weighted by molar-refractivity contribution is -0.122. The van der Waals surface area contributed by atoms with Gasteiger partial charge in [0.1, 0.15) is 0 Å². The van der Waals surface area contributed by atoms with Crippen LogP contribution < -0.4 is 5.32 Å². The smallest absolute Gasteiger partial charge is 0.236 e. The van der Waals surface area contributed by atoms with Crippen molar-refractivity contribution in [3.63, 3.8) is 0 Å². The molecule has 6 nitrogen and oxygen atoms in total. The van der Waals surface area contributed by atoms with Crippen molar-refractivity contribution in [2.24, 2.45) is 0 Å². The molecule has 1 heterocycles. The van der Waals surface area contributed by atoms with Gasteiger partial charge in [-0.1, -0.05) is 60.7 Å². The van der Waals surface area contributed by atoms with Gasteiger partial charge in [0, 0.05) is 31.6 Å². The van der Waals surface area contributed by atoms with Crippen molar-refractivity contribution in [2.75, 3.05) is 32.7 Å². The minimum atomic E-state index is -3.48. The fourth-order valence-electron chi connectivity index (χ4n) is 3.23. The maximum Gasteiger partial charge on any atom is 0.236 e. The highest BCUT2D eigenvalue weighted by Crippen LogP contribution is 2.12. The van der Waals surface area contributed by atoms with Gasteiger partial charge in [0.15, 0.2) is 0 Å². The molecule has 0 saturated carbocycles. The van der Waals surface area contributed by atoms with Crippen LogP contribution in [0.15, 0.2) is 66.1 Å². The molecule has 0 atom stereocenters. The molecule has 1 fully saturated rings. The molecule has 2 aromatic carbocycles. The second-order valence-corrected chi connectivity index (χ2v) is 8.87. The first-order valence-corrected chi connectivity index (χ1v) is 11.3. The summed E-state index contributed by atoms with van der Waals surface area (Å²) in [6, 6.07) is 19.1. The molecule has 1 N–H and O–H groups in total. The van der Waals surface area contributed by atoms with Crippen LogP contribution in [0.1, 0.15) is 17.5 Å². The van der Waals surface area contributed by atoms with Gasteiger partial charge >= 0.3 is 0 Å². The summed E-state index contributed by atoms with van der Waals surface area (Å²) in [4.78, 5) is 14.2. The first-order valence-electron chi connectivity index (χ1n) is 9.79. The third kappa shape index (κ3) is 6.81. The number of rotatable bonds is 7. The van der Waals surface area contributed by atoms with Crippen LogP contribution in [0, 0.1) is 0 Å².